The van der Waals surface area contributed by atoms with Crippen LogP contribution in [0.25, 0.3) is 0 Å². The number of azo groups is 1. The largest absolute Gasteiger partial charge is 0.478 e. The molecule has 0 fully saturated rings. The highest BCUT2D eigenvalue weighted by Gasteiger charge is 2.56. The fraction of sp³-hybridized carbons (Fsp3) is 0.571. The first-order chi connectivity index (χ1) is 10.3. The third-order valence-electron chi connectivity index (χ3n) is 3.81. The number of hydrogen-bond donors (Lipinski definition) is 1. The minimum absolute atomic E-state index is 0.0745. The predicted molar refractivity (Wildman–Crippen MR) is 72.0 cm³/mol. The minimum Gasteiger partial charge on any atom is -0.478 e. The minimum atomic E-state index is -4.44. The van der Waals surface area contributed by atoms with Gasteiger partial charge >= 0.3 is 12.1 Å². The highest BCUT2D eigenvalue weighted by Crippen LogP contribution is 2.42. The topological polar surface area (TPSA) is 74.9 Å². The van der Waals surface area contributed by atoms with Crippen LogP contribution in [0.2, 0.25) is 0 Å². The SMILES string of the molecule is CCc1nc(CCC2(C(F)(F)F)CCN=N2)ccc1C(=O)O. The number of aromatic carboxylic acids is 1. The molecule has 2 rings (SSSR count). The van der Waals surface area contributed by atoms with Crippen molar-refractivity contribution in [2.24, 2.45) is 10.2 Å². The van der Waals surface area contributed by atoms with E-state index in [1.165, 1.54) is 12.1 Å². The summed E-state index contributed by atoms with van der Waals surface area (Å²) in [6.07, 6.45) is -4.35. The number of rotatable bonds is 5. The summed E-state index contributed by atoms with van der Waals surface area (Å²) in [6, 6.07) is 2.85. The molecule has 8 heteroatoms. The van der Waals surface area contributed by atoms with Crippen molar-refractivity contribution in [3.8, 4) is 0 Å². The number of pyridine rings is 1. The lowest BCUT2D eigenvalue weighted by atomic mass is 9.90. The number of aryl methyl sites for hydroxylation is 2. The van der Waals surface area contributed by atoms with E-state index in [1.54, 1.807) is 6.92 Å². The van der Waals surface area contributed by atoms with Crippen molar-refractivity contribution in [2.45, 2.75) is 44.3 Å². The van der Waals surface area contributed by atoms with E-state index in [-0.39, 0.29) is 31.4 Å². The van der Waals surface area contributed by atoms with Crippen LogP contribution in [-0.2, 0) is 12.8 Å². The highest BCUT2D eigenvalue weighted by atomic mass is 19.4. The highest BCUT2D eigenvalue weighted by molar-refractivity contribution is 5.88. The second-order valence-corrected chi connectivity index (χ2v) is 5.20. The van der Waals surface area contributed by atoms with Crippen LogP contribution < -0.4 is 0 Å². The van der Waals surface area contributed by atoms with Gasteiger partial charge in [-0.3, -0.25) is 4.98 Å². The average molecular weight is 315 g/mol. The Morgan fingerprint density at radius 2 is 2.14 bits per heavy atom. The van der Waals surface area contributed by atoms with Crippen molar-refractivity contribution in [3.05, 3.63) is 29.1 Å². The number of halogens is 3. The van der Waals surface area contributed by atoms with Crippen molar-refractivity contribution in [2.75, 3.05) is 6.54 Å². The van der Waals surface area contributed by atoms with E-state index in [2.05, 4.69) is 15.2 Å². The predicted octanol–water partition coefficient (Wildman–Crippen LogP) is 3.43. The first-order valence-electron chi connectivity index (χ1n) is 6.96. The molecule has 0 radical (unpaired) electrons. The molecule has 1 atom stereocenters. The van der Waals surface area contributed by atoms with Crippen LogP contribution in [0.1, 0.15) is 41.5 Å². The van der Waals surface area contributed by atoms with Crippen molar-refractivity contribution in [3.63, 3.8) is 0 Å². The van der Waals surface area contributed by atoms with Crippen LogP contribution in [0.4, 0.5) is 13.2 Å². The van der Waals surface area contributed by atoms with Gasteiger partial charge in [-0.2, -0.15) is 23.4 Å². The van der Waals surface area contributed by atoms with Gasteiger partial charge in [-0.25, -0.2) is 4.79 Å². The molecule has 0 aromatic carbocycles. The number of nitrogens with zero attached hydrogens (tertiary/aromatic N) is 3. The molecule has 1 aromatic rings. The Balaban J connectivity index is 2.18. The van der Waals surface area contributed by atoms with E-state index in [1.807, 2.05) is 0 Å². The van der Waals surface area contributed by atoms with Gasteiger partial charge < -0.3 is 5.11 Å². The number of carbonyl (C=O) groups is 1. The number of hydrogen-bond acceptors (Lipinski definition) is 4. The number of carboxylic acid groups (broad SMARTS) is 1. The molecule has 0 aliphatic carbocycles. The van der Waals surface area contributed by atoms with Crippen molar-refractivity contribution < 1.29 is 23.1 Å². The van der Waals surface area contributed by atoms with Gasteiger partial charge in [-0.15, -0.1) is 0 Å². The van der Waals surface area contributed by atoms with Gasteiger partial charge in [-0.05, 0) is 31.4 Å². The van der Waals surface area contributed by atoms with E-state index < -0.39 is 17.7 Å². The Morgan fingerprint density at radius 3 is 2.64 bits per heavy atom. The molecule has 0 amide bonds. The molecule has 0 bridgehead atoms. The van der Waals surface area contributed by atoms with E-state index in [0.29, 0.717) is 17.8 Å². The molecule has 1 aliphatic rings. The van der Waals surface area contributed by atoms with Crippen LogP contribution in [0.5, 0.6) is 0 Å². The summed E-state index contributed by atoms with van der Waals surface area (Å²) in [6.45, 7) is 1.83. The Kier molecular flexibility index (Phi) is 4.48. The van der Waals surface area contributed by atoms with Crippen LogP contribution in [0, 0.1) is 0 Å². The summed E-state index contributed by atoms with van der Waals surface area (Å²) in [5, 5.41) is 15.9. The van der Waals surface area contributed by atoms with E-state index >= 15 is 0 Å². The van der Waals surface area contributed by atoms with Gasteiger partial charge in [-0.1, -0.05) is 6.92 Å². The summed E-state index contributed by atoms with van der Waals surface area (Å²) >= 11 is 0. The van der Waals surface area contributed by atoms with Gasteiger partial charge in [0.25, 0.3) is 0 Å². The Labute approximate surface area is 125 Å². The number of aromatic nitrogens is 1. The fourth-order valence-corrected chi connectivity index (χ4v) is 2.47. The second-order valence-electron chi connectivity index (χ2n) is 5.20. The molecule has 1 aromatic heterocycles. The van der Waals surface area contributed by atoms with Gasteiger partial charge in [0.15, 0.2) is 5.54 Å². The second kappa shape index (κ2) is 6.02. The standard InChI is InChI=1S/C14H16F3N3O2/c1-2-11-10(12(21)22)4-3-9(19-11)5-6-13(14(15,16)17)7-8-18-20-13/h3-4H,2,5-8H2,1H3,(H,21,22). The summed E-state index contributed by atoms with van der Waals surface area (Å²) in [4.78, 5) is 15.2. The normalized spacial score (nSPS) is 21.3. The third-order valence-corrected chi connectivity index (χ3v) is 3.81. The molecule has 1 N–H and O–H groups in total. The van der Waals surface area contributed by atoms with E-state index in [9.17, 15) is 18.0 Å². The molecule has 1 aliphatic heterocycles. The Bertz CT molecular complexity index is 601. The Morgan fingerprint density at radius 1 is 1.41 bits per heavy atom. The molecule has 5 nitrogen and oxygen atoms in total. The van der Waals surface area contributed by atoms with Gasteiger partial charge in [0.2, 0.25) is 0 Å². The summed E-state index contributed by atoms with van der Waals surface area (Å²) in [5.74, 6) is -1.09. The smallest absolute Gasteiger partial charge is 0.415 e. The zero-order valence-electron chi connectivity index (χ0n) is 12.0. The molecule has 0 saturated carbocycles. The van der Waals surface area contributed by atoms with Crippen molar-refractivity contribution in [1.82, 2.24) is 4.98 Å². The van der Waals surface area contributed by atoms with Crippen LogP contribution in [-0.4, -0.2) is 34.3 Å². The molecule has 1 unspecified atom stereocenters. The van der Waals surface area contributed by atoms with Crippen LogP contribution >= 0.6 is 0 Å². The van der Waals surface area contributed by atoms with Crippen LogP contribution in [0.15, 0.2) is 22.4 Å². The number of alkyl halides is 3. The average Bonchev–Trinajstić information content (AvgIpc) is 2.94. The van der Waals surface area contributed by atoms with Gasteiger partial charge in [0, 0.05) is 12.1 Å². The van der Waals surface area contributed by atoms with Gasteiger partial charge in [0.05, 0.1) is 17.8 Å². The molecule has 2 heterocycles. The first kappa shape index (κ1) is 16.4. The summed E-state index contributed by atoms with van der Waals surface area (Å²) in [5.41, 5.74) is -1.24. The van der Waals surface area contributed by atoms with Gasteiger partial charge in [0.1, 0.15) is 0 Å². The maximum atomic E-state index is 13.2. The molecule has 0 spiro atoms. The zero-order valence-corrected chi connectivity index (χ0v) is 12.0. The molecule has 0 saturated heterocycles. The summed E-state index contributed by atoms with van der Waals surface area (Å²) in [7, 11) is 0. The van der Waals surface area contributed by atoms with E-state index in [0.717, 1.165) is 0 Å². The lowest BCUT2D eigenvalue weighted by Gasteiger charge is -2.27. The third kappa shape index (κ3) is 3.10. The van der Waals surface area contributed by atoms with E-state index in [4.69, 9.17) is 5.11 Å². The lowest BCUT2D eigenvalue weighted by Crippen LogP contribution is -2.42. The monoisotopic (exact) mass is 315 g/mol. The molecule has 120 valence electrons. The molecular weight excluding hydrogens is 299 g/mol. The van der Waals surface area contributed by atoms with Crippen LogP contribution in [0.3, 0.4) is 0 Å². The zero-order chi connectivity index (χ0) is 16.4. The Hall–Kier alpha value is -1.99. The number of carboxylic acids is 1. The molecule has 22 heavy (non-hydrogen) atoms. The lowest BCUT2D eigenvalue weighted by molar-refractivity contribution is -0.186. The fourth-order valence-electron chi connectivity index (χ4n) is 2.47. The van der Waals surface area contributed by atoms with Crippen molar-refractivity contribution >= 4 is 5.97 Å². The first-order valence-corrected chi connectivity index (χ1v) is 6.96. The quantitative estimate of drug-likeness (QED) is 0.904. The maximum absolute atomic E-state index is 13.2. The summed E-state index contributed by atoms with van der Waals surface area (Å²) < 4.78 is 39.5. The molecular formula is C14H16F3N3O2. The van der Waals surface area contributed by atoms with Crippen molar-refractivity contribution in [1.29, 1.82) is 0 Å². The maximum Gasteiger partial charge on any atom is 0.415 e.